The van der Waals surface area contributed by atoms with Crippen LogP contribution >= 0.6 is 11.6 Å². The first kappa shape index (κ1) is 15.8. The molecule has 0 spiro atoms. The Labute approximate surface area is 113 Å². The van der Waals surface area contributed by atoms with E-state index in [0.717, 1.165) is 6.07 Å². The lowest BCUT2D eigenvalue weighted by Gasteiger charge is -2.12. The molecular formula is C10H11ClFNO5S. The summed E-state index contributed by atoms with van der Waals surface area (Å²) in [5.74, 6) is -2.70. The largest absolute Gasteiger partial charge is 0.478 e. The summed E-state index contributed by atoms with van der Waals surface area (Å²) < 4.78 is 39.1. The number of benzene rings is 1. The summed E-state index contributed by atoms with van der Waals surface area (Å²) in [6, 6.07) is 0.568. The lowest BCUT2D eigenvalue weighted by atomic mass is 10.2. The molecule has 0 aromatic heterocycles. The zero-order valence-electron chi connectivity index (χ0n) is 9.72. The van der Waals surface area contributed by atoms with E-state index in [1.165, 1.54) is 6.92 Å². The first-order chi connectivity index (χ1) is 8.69. The van der Waals surface area contributed by atoms with Crippen molar-refractivity contribution in [1.29, 1.82) is 0 Å². The molecule has 0 aliphatic heterocycles. The molecule has 1 unspecified atom stereocenters. The fraction of sp³-hybridized carbons (Fsp3) is 0.300. The van der Waals surface area contributed by atoms with Crippen LogP contribution < -0.4 is 4.72 Å². The standard InChI is InChI=1S/C10H11ClFNO5S/c1-5(4-14)13-19(17,18)6-2-7(10(15)16)9(11)8(12)3-6/h2-3,5,13-14H,4H2,1H3,(H,15,16). The van der Waals surface area contributed by atoms with E-state index < -0.39 is 49.9 Å². The van der Waals surface area contributed by atoms with Gasteiger partial charge in [-0.25, -0.2) is 22.3 Å². The SMILES string of the molecule is CC(CO)NS(=O)(=O)c1cc(F)c(Cl)c(C(=O)O)c1. The van der Waals surface area contributed by atoms with Crippen LogP contribution in [0.15, 0.2) is 17.0 Å². The lowest BCUT2D eigenvalue weighted by molar-refractivity contribution is 0.0696. The van der Waals surface area contributed by atoms with Gasteiger partial charge >= 0.3 is 5.97 Å². The molecule has 0 aliphatic carbocycles. The summed E-state index contributed by atoms with van der Waals surface area (Å²) in [6.07, 6.45) is 0. The number of halogens is 2. The van der Waals surface area contributed by atoms with Gasteiger partial charge in [0.15, 0.2) is 0 Å². The van der Waals surface area contributed by atoms with Gasteiger partial charge in [-0.05, 0) is 19.1 Å². The summed E-state index contributed by atoms with van der Waals surface area (Å²) in [5.41, 5.74) is -0.654. The van der Waals surface area contributed by atoms with Crippen LogP contribution in [-0.2, 0) is 10.0 Å². The molecule has 0 fully saturated rings. The molecule has 1 rings (SSSR count). The topological polar surface area (TPSA) is 104 Å². The van der Waals surface area contributed by atoms with Crippen LogP contribution in [-0.4, -0.2) is 37.2 Å². The van der Waals surface area contributed by atoms with E-state index in [1.54, 1.807) is 0 Å². The number of hydrogen-bond acceptors (Lipinski definition) is 4. The van der Waals surface area contributed by atoms with Crippen molar-refractivity contribution in [1.82, 2.24) is 4.72 Å². The van der Waals surface area contributed by atoms with Crippen LogP contribution in [0.3, 0.4) is 0 Å². The molecule has 0 saturated carbocycles. The minimum absolute atomic E-state index is 0.457. The molecule has 1 aromatic rings. The highest BCUT2D eigenvalue weighted by Gasteiger charge is 2.23. The maximum atomic E-state index is 13.4. The Morgan fingerprint density at radius 3 is 2.58 bits per heavy atom. The second-order valence-electron chi connectivity index (χ2n) is 3.78. The highest BCUT2D eigenvalue weighted by molar-refractivity contribution is 7.89. The van der Waals surface area contributed by atoms with E-state index in [1.807, 2.05) is 0 Å². The van der Waals surface area contributed by atoms with E-state index in [2.05, 4.69) is 4.72 Å². The Morgan fingerprint density at radius 1 is 1.53 bits per heavy atom. The van der Waals surface area contributed by atoms with Crippen molar-refractivity contribution in [3.05, 3.63) is 28.5 Å². The third kappa shape index (κ3) is 3.63. The number of carboxylic acid groups (broad SMARTS) is 1. The Hall–Kier alpha value is -1.22. The second-order valence-corrected chi connectivity index (χ2v) is 5.87. The fourth-order valence-electron chi connectivity index (χ4n) is 1.25. The number of aliphatic hydroxyl groups is 1. The zero-order chi connectivity index (χ0) is 14.8. The van der Waals surface area contributed by atoms with Crippen LogP contribution in [0, 0.1) is 5.82 Å². The average Bonchev–Trinajstić information content (AvgIpc) is 2.31. The van der Waals surface area contributed by atoms with Gasteiger partial charge in [0.2, 0.25) is 10.0 Å². The zero-order valence-corrected chi connectivity index (χ0v) is 11.3. The monoisotopic (exact) mass is 311 g/mol. The third-order valence-electron chi connectivity index (χ3n) is 2.17. The van der Waals surface area contributed by atoms with Crippen molar-refractivity contribution in [3.8, 4) is 0 Å². The predicted molar refractivity (Wildman–Crippen MR) is 65.2 cm³/mol. The van der Waals surface area contributed by atoms with Gasteiger partial charge < -0.3 is 10.2 Å². The molecule has 9 heteroatoms. The van der Waals surface area contributed by atoms with Crippen molar-refractivity contribution in [2.24, 2.45) is 0 Å². The average molecular weight is 312 g/mol. The molecule has 1 atom stereocenters. The summed E-state index contributed by atoms with van der Waals surface area (Å²) in [4.78, 5) is 10.2. The van der Waals surface area contributed by atoms with Gasteiger partial charge in [0.1, 0.15) is 5.82 Å². The first-order valence-corrected chi connectivity index (χ1v) is 6.90. The maximum absolute atomic E-state index is 13.4. The Kier molecular flexibility index (Phi) is 4.86. The second kappa shape index (κ2) is 5.83. The third-order valence-corrected chi connectivity index (χ3v) is 4.13. The van der Waals surface area contributed by atoms with Crippen LogP contribution in [0.4, 0.5) is 4.39 Å². The molecule has 106 valence electrons. The highest BCUT2D eigenvalue weighted by atomic mass is 35.5. The smallest absolute Gasteiger partial charge is 0.337 e. The number of hydrogen-bond donors (Lipinski definition) is 3. The molecular weight excluding hydrogens is 301 g/mol. The number of nitrogens with one attached hydrogen (secondary N) is 1. The van der Waals surface area contributed by atoms with Gasteiger partial charge in [-0.15, -0.1) is 0 Å². The quantitative estimate of drug-likeness (QED) is 0.747. The molecule has 0 aliphatic rings. The predicted octanol–water partition coefficient (Wildman–Crippen LogP) is 0.836. The van der Waals surface area contributed by atoms with Crippen molar-refractivity contribution in [3.63, 3.8) is 0 Å². The molecule has 0 bridgehead atoms. The maximum Gasteiger partial charge on any atom is 0.337 e. The molecule has 1 aromatic carbocycles. The Bertz CT molecular complexity index is 604. The number of rotatable bonds is 5. The van der Waals surface area contributed by atoms with Crippen molar-refractivity contribution >= 4 is 27.6 Å². The van der Waals surface area contributed by atoms with Crippen LogP contribution in [0.5, 0.6) is 0 Å². The number of carboxylic acids is 1. The molecule has 3 N–H and O–H groups in total. The Morgan fingerprint density at radius 2 is 2.11 bits per heavy atom. The van der Waals surface area contributed by atoms with Crippen molar-refractivity contribution in [2.75, 3.05) is 6.61 Å². The van der Waals surface area contributed by atoms with Crippen LogP contribution in [0.2, 0.25) is 5.02 Å². The van der Waals surface area contributed by atoms with E-state index in [0.29, 0.717) is 6.07 Å². The Balaban J connectivity index is 3.32. The summed E-state index contributed by atoms with van der Waals surface area (Å²) in [7, 11) is -4.14. The van der Waals surface area contributed by atoms with E-state index >= 15 is 0 Å². The minimum atomic E-state index is -4.14. The van der Waals surface area contributed by atoms with E-state index in [-0.39, 0.29) is 0 Å². The first-order valence-electron chi connectivity index (χ1n) is 5.04. The molecule has 0 amide bonds. The summed E-state index contributed by atoms with van der Waals surface area (Å²) >= 11 is 5.43. The van der Waals surface area contributed by atoms with Crippen molar-refractivity contribution < 1.29 is 27.8 Å². The van der Waals surface area contributed by atoms with Gasteiger partial charge in [-0.1, -0.05) is 11.6 Å². The van der Waals surface area contributed by atoms with Crippen molar-refractivity contribution in [2.45, 2.75) is 17.9 Å². The van der Waals surface area contributed by atoms with Gasteiger partial charge in [0, 0.05) is 6.04 Å². The van der Waals surface area contributed by atoms with E-state index in [9.17, 15) is 17.6 Å². The number of aromatic carboxylic acids is 1. The van der Waals surface area contributed by atoms with E-state index in [4.69, 9.17) is 21.8 Å². The van der Waals surface area contributed by atoms with Gasteiger partial charge in [-0.3, -0.25) is 0 Å². The van der Waals surface area contributed by atoms with Gasteiger partial charge in [0.25, 0.3) is 0 Å². The number of aliphatic hydroxyl groups excluding tert-OH is 1. The molecule has 0 saturated heterocycles. The summed E-state index contributed by atoms with van der Waals surface area (Å²) in [6.45, 7) is 0.934. The normalized spacial score (nSPS) is 13.3. The highest BCUT2D eigenvalue weighted by Crippen LogP contribution is 2.24. The van der Waals surface area contributed by atoms with Gasteiger partial charge in [0.05, 0.1) is 22.1 Å². The molecule has 19 heavy (non-hydrogen) atoms. The molecule has 6 nitrogen and oxygen atoms in total. The molecule has 0 heterocycles. The van der Waals surface area contributed by atoms with Crippen LogP contribution in [0.1, 0.15) is 17.3 Å². The van der Waals surface area contributed by atoms with Crippen LogP contribution in [0.25, 0.3) is 0 Å². The summed E-state index contributed by atoms with van der Waals surface area (Å²) in [5, 5.41) is 16.9. The lowest BCUT2D eigenvalue weighted by Crippen LogP contribution is -2.35. The number of sulfonamides is 1. The van der Waals surface area contributed by atoms with Gasteiger partial charge in [-0.2, -0.15) is 0 Å². The molecule has 0 radical (unpaired) electrons. The minimum Gasteiger partial charge on any atom is -0.478 e. The number of carbonyl (C=O) groups is 1. The fourth-order valence-corrected chi connectivity index (χ4v) is 2.71.